The van der Waals surface area contributed by atoms with E-state index in [1.807, 2.05) is 27.8 Å². The standard InChI is InChI=1S/C13H16N2OS3/c1-2-18-10-5-3-4-9(10)15-12(16)11-8(6-7-19-11)14-13(15)17/h6-7,9-10H,2-5H2,1H3,(H,14,17). The maximum Gasteiger partial charge on any atom is 0.272 e. The lowest BCUT2D eigenvalue weighted by Gasteiger charge is -2.21. The zero-order chi connectivity index (χ0) is 13.4. The Kier molecular flexibility index (Phi) is 3.82. The van der Waals surface area contributed by atoms with Crippen molar-refractivity contribution < 1.29 is 0 Å². The van der Waals surface area contributed by atoms with Gasteiger partial charge in [0.2, 0.25) is 0 Å². The molecule has 2 atom stereocenters. The molecule has 6 heteroatoms. The molecule has 3 rings (SSSR count). The highest BCUT2D eigenvalue weighted by Gasteiger charge is 2.30. The quantitative estimate of drug-likeness (QED) is 0.872. The molecular formula is C13H16N2OS3. The highest BCUT2D eigenvalue weighted by atomic mass is 32.2. The average Bonchev–Trinajstić information content (AvgIpc) is 2.99. The lowest BCUT2D eigenvalue weighted by molar-refractivity contribution is 0.502. The number of fused-ring (bicyclic) bond motifs is 1. The number of thiophene rings is 1. The second-order valence-corrected chi connectivity index (χ2v) is 7.58. The van der Waals surface area contributed by atoms with Gasteiger partial charge in [0.15, 0.2) is 4.77 Å². The Bertz CT molecular complexity index is 700. The van der Waals surface area contributed by atoms with Crippen molar-refractivity contribution >= 4 is 45.5 Å². The molecule has 1 N–H and O–H groups in total. The Morgan fingerprint density at radius 3 is 3.21 bits per heavy atom. The topological polar surface area (TPSA) is 37.8 Å². The summed E-state index contributed by atoms with van der Waals surface area (Å²) in [5.41, 5.74) is 0.955. The number of H-pyrrole nitrogens is 1. The monoisotopic (exact) mass is 312 g/mol. The minimum Gasteiger partial charge on any atom is -0.331 e. The van der Waals surface area contributed by atoms with Crippen molar-refractivity contribution in [2.75, 3.05) is 5.75 Å². The molecule has 1 saturated carbocycles. The van der Waals surface area contributed by atoms with Gasteiger partial charge in [-0.15, -0.1) is 11.3 Å². The fraction of sp³-hybridized carbons (Fsp3) is 0.538. The van der Waals surface area contributed by atoms with E-state index >= 15 is 0 Å². The van der Waals surface area contributed by atoms with Crippen LogP contribution in [0.5, 0.6) is 0 Å². The van der Waals surface area contributed by atoms with E-state index in [1.165, 1.54) is 24.2 Å². The van der Waals surface area contributed by atoms with Crippen LogP contribution >= 0.6 is 35.3 Å². The van der Waals surface area contributed by atoms with Crippen molar-refractivity contribution in [1.82, 2.24) is 9.55 Å². The van der Waals surface area contributed by atoms with Crippen molar-refractivity contribution in [3.63, 3.8) is 0 Å². The molecule has 102 valence electrons. The summed E-state index contributed by atoms with van der Waals surface area (Å²) in [6.07, 6.45) is 3.44. The van der Waals surface area contributed by atoms with Gasteiger partial charge >= 0.3 is 0 Å². The zero-order valence-corrected chi connectivity index (χ0v) is 13.2. The summed E-state index contributed by atoms with van der Waals surface area (Å²) in [6.45, 7) is 2.17. The van der Waals surface area contributed by atoms with E-state index in [0.717, 1.165) is 22.4 Å². The van der Waals surface area contributed by atoms with Crippen LogP contribution in [0.2, 0.25) is 0 Å². The molecule has 3 nitrogen and oxygen atoms in total. The minimum atomic E-state index is 0.0855. The number of nitrogens with one attached hydrogen (secondary N) is 1. The maximum absolute atomic E-state index is 12.6. The highest BCUT2D eigenvalue weighted by Crippen LogP contribution is 2.38. The van der Waals surface area contributed by atoms with Crippen molar-refractivity contribution in [1.29, 1.82) is 0 Å². The molecule has 2 aromatic rings. The predicted molar refractivity (Wildman–Crippen MR) is 86.1 cm³/mol. The first-order valence-electron chi connectivity index (χ1n) is 6.56. The fourth-order valence-electron chi connectivity index (χ4n) is 2.86. The number of nitrogens with zero attached hydrogens (tertiary/aromatic N) is 1. The van der Waals surface area contributed by atoms with Gasteiger partial charge in [-0.25, -0.2) is 0 Å². The van der Waals surface area contributed by atoms with E-state index < -0.39 is 0 Å². The molecule has 0 aromatic carbocycles. The second-order valence-electron chi connectivity index (χ2n) is 4.76. The molecule has 0 aliphatic heterocycles. The largest absolute Gasteiger partial charge is 0.331 e. The van der Waals surface area contributed by atoms with Crippen molar-refractivity contribution in [3.05, 3.63) is 26.6 Å². The summed E-state index contributed by atoms with van der Waals surface area (Å²) in [4.78, 5) is 15.8. The molecule has 1 fully saturated rings. The second kappa shape index (κ2) is 5.42. The number of hydrogen-bond donors (Lipinski definition) is 1. The van der Waals surface area contributed by atoms with Crippen LogP contribution < -0.4 is 5.56 Å². The number of thioether (sulfide) groups is 1. The van der Waals surface area contributed by atoms with E-state index in [2.05, 4.69) is 11.9 Å². The molecular weight excluding hydrogens is 296 g/mol. The molecule has 0 radical (unpaired) electrons. The van der Waals surface area contributed by atoms with E-state index in [0.29, 0.717) is 10.0 Å². The lowest BCUT2D eigenvalue weighted by Crippen LogP contribution is -2.29. The summed E-state index contributed by atoms with van der Waals surface area (Å²) in [6, 6.07) is 2.18. The molecule has 1 aliphatic carbocycles. The van der Waals surface area contributed by atoms with Gasteiger partial charge in [0, 0.05) is 5.25 Å². The third kappa shape index (κ3) is 2.30. The summed E-state index contributed by atoms with van der Waals surface area (Å²) in [7, 11) is 0. The molecule has 2 aromatic heterocycles. The van der Waals surface area contributed by atoms with Gasteiger partial charge in [0.05, 0.1) is 11.6 Å². The summed E-state index contributed by atoms with van der Waals surface area (Å²) in [5.74, 6) is 1.09. The number of aromatic nitrogens is 2. The van der Waals surface area contributed by atoms with E-state index in [-0.39, 0.29) is 11.6 Å². The van der Waals surface area contributed by atoms with E-state index in [4.69, 9.17) is 12.2 Å². The van der Waals surface area contributed by atoms with Crippen LogP contribution in [0, 0.1) is 4.77 Å². The van der Waals surface area contributed by atoms with Crippen LogP contribution in [0.4, 0.5) is 0 Å². The fourth-order valence-corrected chi connectivity index (χ4v) is 5.22. The minimum absolute atomic E-state index is 0.0855. The summed E-state index contributed by atoms with van der Waals surface area (Å²) in [5, 5.41) is 2.46. The predicted octanol–water partition coefficient (Wildman–Crippen LogP) is 3.97. The molecule has 0 bridgehead atoms. The summed E-state index contributed by atoms with van der Waals surface area (Å²) >= 11 is 8.85. The van der Waals surface area contributed by atoms with E-state index in [9.17, 15) is 4.79 Å². The van der Waals surface area contributed by atoms with Gasteiger partial charge in [0.1, 0.15) is 4.70 Å². The first-order chi connectivity index (χ1) is 9.22. The van der Waals surface area contributed by atoms with Crippen LogP contribution in [0.1, 0.15) is 32.2 Å². The lowest BCUT2D eigenvalue weighted by atomic mass is 10.2. The normalized spacial score (nSPS) is 23.2. The first kappa shape index (κ1) is 13.4. The third-order valence-corrected chi connectivity index (χ3v) is 6.18. The SMILES string of the molecule is CCSC1CCCC1n1c(=S)[nH]c2ccsc2c1=O. The molecule has 19 heavy (non-hydrogen) atoms. The Hall–Kier alpha value is -0.590. The van der Waals surface area contributed by atoms with Crippen LogP contribution in [0.25, 0.3) is 10.2 Å². The first-order valence-corrected chi connectivity index (χ1v) is 8.89. The van der Waals surface area contributed by atoms with Crippen molar-refractivity contribution in [2.45, 2.75) is 37.5 Å². The number of aromatic amines is 1. The molecule has 0 spiro atoms. The Morgan fingerprint density at radius 2 is 2.42 bits per heavy atom. The van der Waals surface area contributed by atoms with E-state index in [1.54, 1.807) is 0 Å². The summed E-state index contributed by atoms with van der Waals surface area (Å²) < 4.78 is 3.19. The highest BCUT2D eigenvalue weighted by molar-refractivity contribution is 7.99. The smallest absolute Gasteiger partial charge is 0.272 e. The van der Waals surface area contributed by atoms with Crippen molar-refractivity contribution in [3.8, 4) is 0 Å². The molecule has 0 saturated heterocycles. The number of rotatable bonds is 3. The maximum atomic E-state index is 12.6. The van der Waals surface area contributed by atoms with Gasteiger partial charge in [-0.05, 0) is 42.3 Å². The average molecular weight is 312 g/mol. The van der Waals surface area contributed by atoms with Crippen LogP contribution in [0.15, 0.2) is 16.2 Å². The van der Waals surface area contributed by atoms with Gasteiger partial charge in [0.25, 0.3) is 5.56 Å². The van der Waals surface area contributed by atoms with Crippen LogP contribution in [-0.2, 0) is 0 Å². The zero-order valence-electron chi connectivity index (χ0n) is 10.7. The molecule has 2 unspecified atom stereocenters. The molecule has 0 amide bonds. The Morgan fingerprint density at radius 1 is 1.58 bits per heavy atom. The van der Waals surface area contributed by atoms with Gasteiger partial charge in [-0.1, -0.05) is 13.3 Å². The van der Waals surface area contributed by atoms with Crippen LogP contribution in [-0.4, -0.2) is 20.6 Å². The molecule has 1 aliphatic rings. The van der Waals surface area contributed by atoms with Crippen LogP contribution in [0.3, 0.4) is 0 Å². The van der Waals surface area contributed by atoms with Crippen molar-refractivity contribution in [2.24, 2.45) is 0 Å². The van der Waals surface area contributed by atoms with Gasteiger partial charge < -0.3 is 4.98 Å². The van der Waals surface area contributed by atoms with Gasteiger partial charge in [-0.2, -0.15) is 11.8 Å². The Labute approximate surface area is 125 Å². The number of hydrogen-bond acceptors (Lipinski definition) is 4. The molecule has 2 heterocycles. The Balaban J connectivity index is 2.14. The van der Waals surface area contributed by atoms with Gasteiger partial charge in [-0.3, -0.25) is 9.36 Å². The third-order valence-electron chi connectivity index (χ3n) is 3.67.